The van der Waals surface area contributed by atoms with Crippen molar-refractivity contribution in [3.05, 3.63) is 36.0 Å². The molecule has 92 valence electrons. The first kappa shape index (κ1) is 12.1. The predicted octanol–water partition coefficient (Wildman–Crippen LogP) is 2.04. The molecule has 0 fully saturated rings. The van der Waals surface area contributed by atoms with Crippen molar-refractivity contribution in [3.8, 4) is 0 Å². The number of hydrogen-bond donors (Lipinski definition) is 2. The van der Waals surface area contributed by atoms with E-state index in [1.807, 2.05) is 0 Å². The van der Waals surface area contributed by atoms with Gasteiger partial charge in [0.05, 0.1) is 6.61 Å². The molecule has 2 N–H and O–H groups in total. The van der Waals surface area contributed by atoms with Gasteiger partial charge in [0.1, 0.15) is 0 Å². The number of fused-ring (bicyclic) bond motifs is 1. The van der Waals surface area contributed by atoms with E-state index in [2.05, 4.69) is 54.3 Å². The number of nitrogens with one attached hydrogen (secondary N) is 1. The maximum Gasteiger partial charge on any atom is 0.0584 e. The highest BCUT2D eigenvalue weighted by atomic mass is 16.3. The molecule has 0 aliphatic rings. The Hall–Kier alpha value is -1.32. The van der Waals surface area contributed by atoms with Crippen molar-refractivity contribution >= 4 is 10.9 Å². The van der Waals surface area contributed by atoms with Gasteiger partial charge in [-0.15, -0.1) is 0 Å². The summed E-state index contributed by atoms with van der Waals surface area (Å²) in [5.74, 6) is 0. The minimum atomic E-state index is 0.189. The molecule has 17 heavy (non-hydrogen) atoms. The summed E-state index contributed by atoms with van der Waals surface area (Å²) in [4.78, 5) is 0. The van der Waals surface area contributed by atoms with Crippen LogP contribution in [-0.2, 0) is 13.6 Å². The lowest BCUT2D eigenvalue weighted by Crippen LogP contribution is -2.31. The number of nitrogens with zero attached hydrogens (tertiary/aromatic N) is 1. The number of hydrogen-bond acceptors (Lipinski definition) is 2. The molecule has 2 rings (SSSR count). The predicted molar refractivity (Wildman–Crippen MR) is 70.9 cm³/mol. The lowest BCUT2D eigenvalue weighted by atomic mass is 10.1. The van der Waals surface area contributed by atoms with Gasteiger partial charge in [0.25, 0.3) is 0 Å². The minimum Gasteiger partial charge on any atom is -0.395 e. The molecule has 0 amide bonds. The van der Waals surface area contributed by atoms with Gasteiger partial charge >= 0.3 is 0 Å². The normalized spacial score (nSPS) is 13.1. The van der Waals surface area contributed by atoms with Crippen molar-refractivity contribution in [2.45, 2.75) is 25.9 Å². The fourth-order valence-electron chi connectivity index (χ4n) is 2.16. The molecule has 0 aliphatic heterocycles. The number of benzene rings is 1. The first-order valence-electron chi connectivity index (χ1n) is 6.13. The van der Waals surface area contributed by atoms with Gasteiger partial charge in [0.2, 0.25) is 0 Å². The number of para-hydroxylation sites is 1. The zero-order valence-corrected chi connectivity index (χ0v) is 10.5. The summed E-state index contributed by atoms with van der Waals surface area (Å²) in [5, 5.41) is 13.8. The summed E-state index contributed by atoms with van der Waals surface area (Å²) in [6.45, 7) is 3.08. The fourth-order valence-corrected chi connectivity index (χ4v) is 2.16. The van der Waals surface area contributed by atoms with Crippen LogP contribution in [0.25, 0.3) is 10.9 Å². The Morgan fingerprint density at radius 1 is 1.35 bits per heavy atom. The first-order valence-corrected chi connectivity index (χ1v) is 6.13. The van der Waals surface area contributed by atoms with Crippen molar-refractivity contribution in [1.82, 2.24) is 9.88 Å². The molecule has 2 aromatic rings. The molecular weight excluding hydrogens is 212 g/mol. The van der Waals surface area contributed by atoms with Crippen LogP contribution in [0.2, 0.25) is 0 Å². The third kappa shape index (κ3) is 2.51. The summed E-state index contributed by atoms with van der Waals surface area (Å²) in [6.07, 6.45) is 3.10. The van der Waals surface area contributed by atoms with Crippen LogP contribution in [0.1, 0.15) is 18.9 Å². The highest BCUT2D eigenvalue weighted by molar-refractivity contribution is 5.83. The van der Waals surface area contributed by atoms with Crippen LogP contribution in [0.4, 0.5) is 0 Å². The van der Waals surface area contributed by atoms with E-state index in [9.17, 15) is 0 Å². The largest absolute Gasteiger partial charge is 0.395 e. The molecule has 1 atom stereocenters. The lowest BCUT2D eigenvalue weighted by Gasteiger charge is -2.13. The van der Waals surface area contributed by atoms with Crippen LogP contribution in [0, 0.1) is 0 Å². The van der Waals surface area contributed by atoms with Gasteiger partial charge in [-0.1, -0.05) is 25.1 Å². The summed E-state index contributed by atoms with van der Waals surface area (Å²) in [6, 6.07) is 8.58. The van der Waals surface area contributed by atoms with Gasteiger partial charge in [0.15, 0.2) is 0 Å². The van der Waals surface area contributed by atoms with Gasteiger partial charge in [-0.25, -0.2) is 0 Å². The van der Waals surface area contributed by atoms with Crippen LogP contribution < -0.4 is 5.32 Å². The van der Waals surface area contributed by atoms with Crippen LogP contribution in [0.15, 0.2) is 30.5 Å². The maximum absolute atomic E-state index is 9.15. The van der Waals surface area contributed by atoms with E-state index in [1.54, 1.807) is 0 Å². The zero-order valence-electron chi connectivity index (χ0n) is 10.5. The second-order valence-electron chi connectivity index (χ2n) is 4.45. The second-order valence-corrected chi connectivity index (χ2v) is 4.45. The summed E-state index contributed by atoms with van der Waals surface area (Å²) in [7, 11) is 2.06. The quantitative estimate of drug-likeness (QED) is 0.827. The number of aliphatic hydroxyl groups is 1. The van der Waals surface area contributed by atoms with E-state index in [4.69, 9.17) is 5.11 Å². The third-order valence-electron chi connectivity index (χ3n) is 3.27. The van der Waals surface area contributed by atoms with Crippen molar-refractivity contribution in [3.63, 3.8) is 0 Å². The van der Waals surface area contributed by atoms with Gasteiger partial charge in [0, 0.05) is 36.7 Å². The van der Waals surface area contributed by atoms with Crippen LogP contribution >= 0.6 is 0 Å². The van der Waals surface area contributed by atoms with E-state index in [0.717, 1.165) is 13.0 Å². The topological polar surface area (TPSA) is 37.2 Å². The highest BCUT2D eigenvalue weighted by Crippen LogP contribution is 2.20. The summed E-state index contributed by atoms with van der Waals surface area (Å²) < 4.78 is 2.15. The molecule has 3 heteroatoms. The molecule has 0 saturated heterocycles. The number of aliphatic hydroxyl groups excluding tert-OH is 1. The minimum absolute atomic E-state index is 0.189. The third-order valence-corrected chi connectivity index (χ3v) is 3.27. The van der Waals surface area contributed by atoms with Crippen molar-refractivity contribution in [2.24, 2.45) is 7.05 Å². The lowest BCUT2D eigenvalue weighted by molar-refractivity contribution is 0.238. The van der Waals surface area contributed by atoms with Crippen molar-refractivity contribution in [1.29, 1.82) is 0 Å². The molecule has 3 nitrogen and oxygen atoms in total. The highest BCUT2D eigenvalue weighted by Gasteiger charge is 2.08. The molecule has 0 spiro atoms. The molecule has 1 heterocycles. The van der Waals surface area contributed by atoms with Gasteiger partial charge in [-0.2, -0.15) is 0 Å². The first-order chi connectivity index (χ1) is 8.26. The zero-order chi connectivity index (χ0) is 12.3. The number of rotatable bonds is 5. The monoisotopic (exact) mass is 232 g/mol. The van der Waals surface area contributed by atoms with Gasteiger partial charge in [-0.05, 0) is 18.1 Å². The standard InChI is InChI=1S/C14H20N2O/c1-3-12(10-17)15-8-11-9-16(2)14-7-5-4-6-13(11)14/h4-7,9,12,15,17H,3,8,10H2,1-2H3. The molecule has 0 radical (unpaired) electrons. The van der Waals surface area contributed by atoms with E-state index >= 15 is 0 Å². The van der Waals surface area contributed by atoms with E-state index < -0.39 is 0 Å². The fraction of sp³-hybridized carbons (Fsp3) is 0.429. The SMILES string of the molecule is CCC(CO)NCc1cn(C)c2ccccc12. The van der Waals surface area contributed by atoms with Crippen molar-refractivity contribution < 1.29 is 5.11 Å². The van der Waals surface area contributed by atoms with E-state index in [1.165, 1.54) is 16.5 Å². The molecule has 1 aromatic carbocycles. The Labute approximate surface area is 102 Å². The summed E-state index contributed by atoms with van der Waals surface area (Å²) in [5.41, 5.74) is 2.54. The number of aryl methyl sites for hydroxylation is 1. The molecule has 0 bridgehead atoms. The Morgan fingerprint density at radius 2 is 2.12 bits per heavy atom. The summed E-state index contributed by atoms with van der Waals surface area (Å²) >= 11 is 0. The Morgan fingerprint density at radius 3 is 2.82 bits per heavy atom. The maximum atomic E-state index is 9.15. The van der Waals surface area contributed by atoms with E-state index in [0.29, 0.717) is 0 Å². The molecule has 1 unspecified atom stereocenters. The molecular formula is C14H20N2O. The van der Waals surface area contributed by atoms with Crippen LogP contribution in [0.3, 0.4) is 0 Å². The van der Waals surface area contributed by atoms with Crippen molar-refractivity contribution in [2.75, 3.05) is 6.61 Å². The van der Waals surface area contributed by atoms with Crippen LogP contribution in [0.5, 0.6) is 0 Å². The average molecular weight is 232 g/mol. The second kappa shape index (κ2) is 5.34. The smallest absolute Gasteiger partial charge is 0.0584 e. The Balaban J connectivity index is 2.19. The molecule has 1 aromatic heterocycles. The van der Waals surface area contributed by atoms with Crippen LogP contribution in [-0.4, -0.2) is 22.3 Å². The average Bonchev–Trinajstić information content (AvgIpc) is 2.69. The van der Waals surface area contributed by atoms with Gasteiger partial charge in [-0.3, -0.25) is 0 Å². The number of aromatic nitrogens is 1. The van der Waals surface area contributed by atoms with E-state index in [-0.39, 0.29) is 12.6 Å². The van der Waals surface area contributed by atoms with Gasteiger partial charge < -0.3 is 15.0 Å². The molecule has 0 aliphatic carbocycles. The Kier molecular flexibility index (Phi) is 3.82. The molecule has 0 saturated carbocycles. The Bertz CT molecular complexity index is 486.